The first-order valence-electron chi connectivity index (χ1n) is 2.16. The fraction of sp³-hybridized carbons (Fsp3) is 0.600. The maximum Gasteiger partial charge on any atom is 0.0757 e. The predicted molar refractivity (Wildman–Crippen MR) is 33.4 cm³/mol. The minimum absolute atomic E-state index is 0.663. The Bertz CT molecular complexity index is 84.1. The lowest BCUT2D eigenvalue weighted by Crippen LogP contribution is -1.93. The van der Waals surface area contributed by atoms with Crippen LogP contribution in [0.4, 0.5) is 0 Å². The molecule has 0 aromatic carbocycles. The molecule has 0 fully saturated rings. The predicted octanol–water partition coefficient (Wildman–Crippen LogP) is 0.778. The molecule has 0 aliphatic carbocycles. The second kappa shape index (κ2) is 3.53. The molecule has 0 aliphatic rings. The van der Waals surface area contributed by atoms with E-state index in [9.17, 15) is 0 Å². The van der Waals surface area contributed by atoms with Crippen molar-refractivity contribution in [2.75, 3.05) is 13.6 Å². The van der Waals surface area contributed by atoms with E-state index in [2.05, 4.69) is 16.7 Å². The second-order valence-electron chi connectivity index (χ2n) is 1.34. The van der Waals surface area contributed by atoms with Crippen LogP contribution >= 0.6 is 0 Å². The fourth-order valence-electron chi connectivity index (χ4n) is 0.233. The van der Waals surface area contributed by atoms with E-state index in [-0.39, 0.29) is 0 Å². The molecule has 0 spiro atoms. The van der Waals surface area contributed by atoms with Crippen LogP contribution < -0.4 is 0 Å². The molecule has 0 radical (unpaired) electrons. The van der Waals surface area contributed by atoms with Gasteiger partial charge in [0.25, 0.3) is 0 Å². The van der Waals surface area contributed by atoms with E-state index in [0.717, 1.165) is 5.71 Å². The van der Waals surface area contributed by atoms with E-state index in [1.54, 1.807) is 7.05 Å². The van der Waals surface area contributed by atoms with Gasteiger partial charge in [-0.2, -0.15) is 0 Å². The van der Waals surface area contributed by atoms with E-state index < -0.39 is 0 Å². The van der Waals surface area contributed by atoms with Gasteiger partial charge in [-0.3, -0.25) is 9.98 Å². The quantitative estimate of drug-likeness (QED) is 0.456. The van der Waals surface area contributed by atoms with Crippen LogP contribution in [0.25, 0.3) is 0 Å². The molecule has 0 rings (SSSR count). The third-order valence-electron chi connectivity index (χ3n) is 0.722. The van der Waals surface area contributed by atoms with Crippen LogP contribution in [-0.4, -0.2) is 26.0 Å². The molecule has 0 heterocycles. The lowest BCUT2D eigenvalue weighted by atomic mass is 10.4. The molecular formula is C5H10N2. The minimum atomic E-state index is 0.663. The molecule has 0 N–H and O–H groups in total. The lowest BCUT2D eigenvalue weighted by molar-refractivity contribution is 1.26. The summed E-state index contributed by atoms with van der Waals surface area (Å²) in [5.41, 5.74) is 1.02. The molecule has 0 aromatic rings. The number of nitrogens with zero attached hydrogens (tertiary/aromatic N) is 2. The monoisotopic (exact) mass is 98.1 g/mol. The van der Waals surface area contributed by atoms with Gasteiger partial charge in [-0.25, -0.2) is 0 Å². The smallest absolute Gasteiger partial charge is 0.0757 e. The lowest BCUT2D eigenvalue weighted by Gasteiger charge is -1.86. The third-order valence-corrected chi connectivity index (χ3v) is 0.722. The van der Waals surface area contributed by atoms with Crippen LogP contribution in [-0.2, 0) is 0 Å². The summed E-state index contributed by atoms with van der Waals surface area (Å²) in [5.74, 6) is 0. The van der Waals surface area contributed by atoms with Gasteiger partial charge in [0.2, 0.25) is 0 Å². The maximum atomic E-state index is 3.86. The van der Waals surface area contributed by atoms with Crippen LogP contribution in [0, 0.1) is 0 Å². The summed E-state index contributed by atoms with van der Waals surface area (Å²) in [6, 6.07) is 0. The van der Waals surface area contributed by atoms with Crippen molar-refractivity contribution in [3.05, 3.63) is 0 Å². The largest absolute Gasteiger partial charge is 0.296 e. The van der Waals surface area contributed by atoms with Crippen molar-refractivity contribution in [2.45, 2.75) is 6.92 Å². The zero-order valence-electron chi connectivity index (χ0n) is 4.81. The molecule has 0 aromatic heterocycles. The van der Waals surface area contributed by atoms with Crippen LogP contribution in [0.5, 0.6) is 0 Å². The minimum Gasteiger partial charge on any atom is -0.296 e. The van der Waals surface area contributed by atoms with Gasteiger partial charge in [0.1, 0.15) is 0 Å². The van der Waals surface area contributed by atoms with Crippen molar-refractivity contribution < 1.29 is 0 Å². The van der Waals surface area contributed by atoms with E-state index in [0.29, 0.717) is 6.54 Å². The molecule has 0 unspecified atom stereocenters. The van der Waals surface area contributed by atoms with Gasteiger partial charge in [0.05, 0.1) is 6.54 Å². The Hall–Kier alpha value is -0.660. The zero-order valence-corrected chi connectivity index (χ0v) is 4.81. The normalized spacial score (nSPS) is 11.4. The Morgan fingerprint density at radius 1 is 1.71 bits per heavy atom. The van der Waals surface area contributed by atoms with E-state index in [4.69, 9.17) is 0 Å². The molecule has 7 heavy (non-hydrogen) atoms. The number of hydrogen-bond acceptors (Lipinski definition) is 2. The average molecular weight is 98.1 g/mol. The molecule has 2 nitrogen and oxygen atoms in total. The highest BCUT2D eigenvalue weighted by atomic mass is 14.8. The highest BCUT2D eigenvalue weighted by molar-refractivity contribution is 5.84. The van der Waals surface area contributed by atoms with Gasteiger partial charge in [-0.1, -0.05) is 0 Å². The molecule has 2 heteroatoms. The first-order valence-corrected chi connectivity index (χ1v) is 2.16. The first-order chi connectivity index (χ1) is 3.31. The summed E-state index contributed by atoms with van der Waals surface area (Å²) in [6.07, 6.45) is 0. The third kappa shape index (κ3) is 3.16. The topological polar surface area (TPSA) is 24.7 Å². The highest BCUT2D eigenvalue weighted by Crippen LogP contribution is 1.72. The molecule has 0 atom stereocenters. The van der Waals surface area contributed by atoms with E-state index >= 15 is 0 Å². The Balaban J connectivity index is 3.36. The second-order valence-corrected chi connectivity index (χ2v) is 1.34. The average Bonchev–Trinajstić information content (AvgIpc) is 1.68. The molecule has 0 saturated carbocycles. The zero-order chi connectivity index (χ0) is 5.70. The number of hydrogen-bond donors (Lipinski definition) is 0. The molecule has 0 saturated heterocycles. The Kier molecular flexibility index (Phi) is 3.19. The van der Waals surface area contributed by atoms with Crippen LogP contribution in [0.2, 0.25) is 0 Å². The van der Waals surface area contributed by atoms with Crippen molar-refractivity contribution in [2.24, 2.45) is 9.98 Å². The van der Waals surface area contributed by atoms with E-state index in [1.165, 1.54) is 0 Å². The number of rotatable bonds is 2. The van der Waals surface area contributed by atoms with Crippen molar-refractivity contribution >= 4 is 12.4 Å². The van der Waals surface area contributed by atoms with Crippen molar-refractivity contribution in [3.63, 3.8) is 0 Å². The summed E-state index contributed by atoms with van der Waals surface area (Å²) in [5, 5.41) is 0. The van der Waals surface area contributed by atoms with Crippen molar-refractivity contribution in [1.29, 1.82) is 0 Å². The molecule has 40 valence electrons. The van der Waals surface area contributed by atoms with Gasteiger partial charge in [-0.05, 0) is 13.6 Å². The van der Waals surface area contributed by atoms with Gasteiger partial charge >= 0.3 is 0 Å². The summed E-state index contributed by atoms with van der Waals surface area (Å²) >= 11 is 0. The van der Waals surface area contributed by atoms with Crippen LogP contribution in [0.1, 0.15) is 6.92 Å². The molecule has 0 aliphatic heterocycles. The standard InChI is InChI=1S/C5H10N2/c1-5(7-3)4-6-2/h2,4H2,1,3H3. The fourth-order valence-corrected chi connectivity index (χ4v) is 0.233. The van der Waals surface area contributed by atoms with Gasteiger partial charge in [-0.15, -0.1) is 0 Å². The van der Waals surface area contributed by atoms with Crippen LogP contribution in [0.15, 0.2) is 9.98 Å². The Labute approximate surface area is 44.0 Å². The summed E-state index contributed by atoms with van der Waals surface area (Å²) in [4.78, 5) is 7.49. The van der Waals surface area contributed by atoms with Gasteiger partial charge < -0.3 is 0 Å². The molecular weight excluding hydrogens is 88.1 g/mol. The van der Waals surface area contributed by atoms with Gasteiger partial charge in [0, 0.05) is 12.8 Å². The maximum absolute atomic E-state index is 3.86. The highest BCUT2D eigenvalue weighted by Gasteiger charge is 1.79. The SMILES string of the molecule is C=NCC(C)=NC. The molecule has 0 amide bonds. The molecule has 0 bridgehead atoms. The Morgan fingerprint density at radius 3 is 2.43 bits per heavy atom. The van der Waals surface area contributed by atoms with Gasteiger partial charge in [0.15, 0.2) is 0 Å². The van der Waals surface area contributed by atoms with E-state index in [1.807, 2.05) is 6.92 Å². The number of aliphatic imine (C=N–C) groups is 2. The summed E-state index contributed by atoms with van der Waals surface area (Å²) in [7, 11) is 1.75. The first kappa shape index (κ1) is 6.34. The Morgan fingerprint density at radius 2 is 2.29 bits per heavy atom. The summed E-state index contributed by atoms with van der Waals surface area (Å²) < 4.78 is 0. The van der Waals surface area contributed by atoms with Crippen LogP contribution in [0.3, 0.4) is 0 Å². The van der Waals surface area contributed by atoms with Crippen molar-refractivity contribution in [1.82, 2.24) is 0 Å². The summed E-state index contributed by atoms with van der Waals surface area (Å²) in [6.45, 7) is 5.91. The van der Waals surface area contributed by atoms with Crippen molar-refractivity contribution in [3.8, 4) is 0 Å².